The van der Waals surface area contributed by atoms with E-state index in [1.54, 1.807) is 0 Å². The number of benzene rings is 8. The van der Waals surface area contributed by atoms with E-state index in [1.165, 1.54) is 39.2 Å². The van der Waals surface area contributed by atoms with Gasteiger partial charge in [-0.05, 0) is 125 Å². The van der Waals surface area contributed by atoms with Crippen molar-refractivity contribution in [3.63, 3.8) is 0 Å². The molecule has 2 aliphatic rings. The summed E-state index contributed by atoms with van der Waals surface area (Å²) in [6, 6.07) is 77.2. The van der Waals surface area contributed by atoms with E-state index in [1.807, 2.05) is 0 Å². The lowest BCUT2D eigenvalue weighted by Gasteiger charge is -2.44. The van der Waals surface area contributed by atoms with Gasteiger partial charge in [-0.15, -0.1) is 0 Å². The van der Waals surface area contributed by atoms with Gasteiger partial charge in [-0.2, -0.15) is 0 Å². The zero-order valence-corrected chi connectivity index (χ0v) is 30.0. The molecular formula is C51H39N3. The standard InChI is InChI=1S/C51H39N3/c1-6-18-38(19-7-1)52-35-34-51(47-28-16-17-29-50(47)52)48-36-43(53(39-20-8-2-9-21-39)40-22-10-3-11-23-40)30-32-45(48)46-33-31-44(37-49(46)51)54(41-24-12-4-13-25-41)42-26-14-5-15-27-42/h1-33,36-37H,34-35H2. The molecule has 0 aromatic heterocycles. The lowest BCUT2D eigenvalue weighted by atomic mass is 9.67. The van der Waals surface area contributed by atoms with E-state index in [2.05, 4.69) is 227 Å². The van der Waals surface area contributed by atoms with Crippen molar-refractivity contribution in [1.29, 1.82) is 0 Å². The van der Waals surface area contributed by atoms with E-state index in [-0.39, 0.29) is 5.41 Å². The summed E-state index contributed by atoms with van der Waals surface area (Å²) in [4.78, 5) is 7.28. The molecule has 1 spiro atoms. The Hall–Kier alpha value is -6.84. The van der Waals surface area contributed by atoms with Crippen LogP contribution < -0.4 is 14.7 Å². The van der Waals surface area contributed by atoms with Gasteiger partial charge in [-0.1, -0.05) is 121 Å². The van der Waals surface area contributed by atoms with Crippen LogP contribution in [0.2, 0.25) is 0 Å². The second kappa shape index (κ2) is 13.3. The Morgan fingerprint density at radius 2 is 0.741 bits per heavy atom. The molecule has 258 valence electrons. The molecule has 8 aromatic carbocycles. The Labute approximate surface area is 317 Å². The van der Waals surface area contributed by atoms with Gasteiger partial charge in [0.05, 0.1) is 5.41 Å². The fourth-order valence-electron chi connectivity index (χ4n) is 8.91. The van der Waals surface area contributed by atoms with Gasteiger partial charge in [0.25, 0.3) is 0 Å². The van der Waals surface area contributed by atoms with Crippen molar-refractivity contribution >= 4 is 45.5 Å². The summed E-state index contributed by atoms with van der Waals surface area (Å²) < 4.78 is 0. The van der Waals surface area contributed by atoms with Gasteiger partial charge in [0.2, 0.25) is 0 Å². The molecule has 0 bridgehead atoms. The number of fused-ring (bicyclic) bond motifs is 7. The first-order valence-electron chi connectivity index (χ1n) is 18.8. The first kappa shape index (κ1) is 31.9. The minimum Gasteiger partial charge on any atom is -0.341 e. The third kappa shape index (κ3) is 5.20. The molecular weight excluding hydrogens is 655 g/mol. The van der Waals surface area contributed by atoms with E-state index >= 15 is 0 Å². The maximum absolute atomic E-state index is 2.51. The smallest absolute Gasteiger partial charge is 0.0502 e. The molecule has 0 saturated carbocycles. The molecule has 3 heteroatoms. The Morgan fingerprint density at radius 1 is 0.352 bits per heavy atom. The minimum atomic E-state index is -0.378. The van der Waals surface area contributed by atoms with Crippen molar-refractivity contribution in [2.75, 3.05) is 21.2 Å². The summed E-state index contributed by atoms with van der Waals surface area (Å²) in [5, 5.41) is 0. The third-order valence-corrected chi connectivity index (χ3v) is 11.2. The lowest BCUT2D eigenvalue weighted by molar-refractivity contribution is 0.553. The van der Waals surface area contributed by atoms with Crippen LogP contribution in [0.1, 0.15) is 23.1 Å². The van der Waals surface area contributed by atoms with Gasteiger partial charge in [0, 0.05) is 52.0 Å². The van der Waals surface area contributed by atoms with Gasteiger partial charge in [0.1, 0.15) is 0 Å². The van der Waals surface area contributed by atoms with Crippen molar-refractivity contribution in [1.82, 2.24) is 0 Å². The lowest BCUT2D eigenvalue weighted by Crippen LogP contribution is -2.39. The zero-order valence-electron chi connectivity index (χ0n) is 30.0. The predicted octanol–water partition coefficient (Wildman–Crippen LogP) is 13.5. The molecule has 10 rings (SSSR count). The van der Waals surface area contributed by atoms with E-state index in [0.29, 0.717) is 0 Å². The number of para-hydroxylation sites is 6. The largest absolute Gasteiger partial charge is 0.341 e. The maximum Gasteiger partial charge on any atom is 0.0502 e. The fourth-order valence-corrected chi connectivity index (χ4v) is 8.91. The Morgan fingerprint density at radius 3 is 1.19 bits per heavy atom. The molecule has 0 unspecified atom stereocenters. The van der Waals surface area contributed by atoms with Crippen LogP contribution in [0.4, 0.5) is 45.5 Å². The Balaban J connectivity index is 1.22. The summed E-state index contributed by atoms with van der Waals surface area (Å²) >= 11 is 0. The van der Waals surface area contributed by atoms with Crippen molar-refractivity contribution < 1.29 is 0 Å². The molecule has 0 amide bonds. The monoisotopic (exact) mass is 693 g/mol. The average molecular weight is 694 g/mol. The van der Waals surface area contributed by atoms with E-state index < -0.39 is 0 Å². The molecule has 3 nitrogen and oxygen atoms in total. The molecule has 0 radical (unpaired) electrons. The van der Waals surface area contributed by atoms with Gasteiger partial charge >= 0.3 is 0 Å². The first-order valence-corrected chi connectivity index (χ1v) is 18.8. The third-order valence-electron chi connectivity index (χ3n) is 11.2. The highest BCUT2D eigenvalue weighted by Crippen LogP contribution is 2.60. The highest BCUT2D eigenvalue weighted by Gasteiger charge is 2.49. The number of hydrogen-bond acceptors (Lipinski definition) is 3. The zero-order chi connectivity index (χ0) is 35.9. The van der Waals surface area contributed by atoms with Gasteiger partial charge in [0.15, 0.2) is 0 Å². The minimum absolute atomic E-state index is 0.378. The van der Waals surface area contributed by atoms with Crippen LogP contribution in [0.3, 0.4) is 0 Å². The predicted molar refractivity (Wildman–Crippen MR) is 226 cm³/mol. The second-order valence-corrected chi connectivity index (χ2v) is 14.1. The quantitative estimate of drug-likeness (QED) is 0.165. The van der Waals surface area contributed by atoms with Crippen LogP contribution in [0.15, 0.2) is 212 Å². The van der Waals surface area contributed by atoms with Gasteiger partial charge < -0.3 is 14.7 Å². The second-order valence-electron chi connectivity index (χ2n) is 14.1. The highest BCUT2D eigenvalue weighted by atomic mass is 15.2. The summed E-state index contributed by atoms with van der Waals surface area (Å²) in [6.45, 7) is 0.885. The molecule has 1 heterocycles. The van der Waals surface area contributed by atoms with Crippen LogP contribution in [-0.2, 0) is 5.41 Å². The fraction of sp³-hybridized carbons (Fsp3) is 0.0588. The SMILES string of the molecule is c1ccc(N2CCC3(c4cc(N(c5ccccc5)c5ccccc5)ccc4-c4ccc(N(c5ccccc5)c5ccccc5)cc43)c3ccccc32)cc1. The van der Waals surface area contributed by atoms with Crippen LogP contribution in [0, 0.1) is 0 Å². The van der Waals surface area contributed by atoms with Crippen molar-refractivity contribution in [2.24, 2.45) is 0 Å². The molecule has 0 fully saturated rings. The first-order chi connectivity index (χ1) is 26.8. The van der Waals surface area contributed by atoms with Gasteiger partial charge in [-0.25, -0.2) is 0 Å². The van der Waals surface area contributed by atoms with Crippen LogP contribution in [-0.4, -0.2) is 6.54 Å². The van der Waals surface area contributed by atoms with E-state index in [4.69, 9.17) is 0 Å². The topological polar surface area (TPSA) is 9.72 Å². The Kier molecular flexibility index (Phi) is 7.84. The number of anilines is 8. The van der Waals surface area contributed by atoms with Crippen molar-refractivity contribution in [3.05, 3.63) is 229 Å². The summed E-state index contributed by atoms with van der Waals surface area (Å²) in [5.41, 5.74) is 15.6. The molecule has 8 aromatic rings. The van der Waals surface area contributed by atoms with Crippen LogP contribution in [0.25, 0.3) is 11.1 Å². The highest BCUT2D eigenvalue weighted by molar-refractivity contribution is 5.92. The van der Waals surface area contributed by atoms with E-state index in [9.17, 15) is 0 Å². The van der Waals surface area contributed by atoms with Gasteiger partial charge in [-0.3, -0.25) is 0 Å². The summed E-state index contributed by atoms with van der Waals surface area (Å²) in [5.74, 6) is 0. The summed E-state index contributed by atoms with van der Waals surface area (Å²) in [7, 11) is 0. The van der Waals surface area contributed by atoms with Crippen LogP contribution >= 0.6 is 0 Å². The molecule has 0 atom stereocenters. The summed E-state index contributed by atoms with van der Waals surface area (Å²) in [6.07, 6.45) is 0.930. The van der Waals surface area contributed by atoms with E-state index in [0.717, 1.165) is 47.1 Å². The molecule has 0 N–H and O–H groups in total. The molecule has 1 aliphatic heterocycles. The van der Waals surface area contributed by atoms with Crippen molar-refractivity contribution in [3.8, 4) is 11.1 Å². The van der Waals surface area contributed by atoms with Crippen LogP contribution in [0.5, 0.6) is 0 Å². The number of nitrogens with zero attached hydrogens (tertiary/aromatic N) is 3. The molecule has 1 aliphatic carbocycles. The Bertz CT molecular complexity index is 2340. The van der Waals surface area contributed by atoms with Crippen molar-refractivity contribution in [2.45, 2.75) is 11.8 Å². The number of hydrogen-bond donors (Lipinski definition) is 0. The molecule has 54 heavy (non-hydrogen) atoms. The number of rotatable bonds is 7. The molecule has 0 saturated heterocycles. The normalized spacial score (nSPS) is 13.5. The maximum atomic E-state index is 2.51. The average Bonchev–Trinajstić information content (AvgIpc) is 3.51.